The maximum absolute atomic E-state index is 4.86. The standard InChI is InChI=1S/C22H26N6/c1-16-21-25-26-22(18-9-5-6-10-18)28(21)14-13-27(16)20-11-12-23-19(24-20)15-17-7-3-2-4-8-17/h2-4,7-8,11-12,16,18H,5-6,9-10,13-15H2,1H3. The molecule has 3 aromatic rings. The van der Waals surface area contributed by atoms with Gasteiger partial charge < -0.3 is 9.47 Å². The number of hydrogen-bond acceptors (Lipinski definition) is 5. The van der Waals surface area contributed by atoms with Gasteiger partial charge in [0.2, 0.25) is 0 Å². The molecule has 0 spiro atoms. The molecule has 144 valence electrons. The average molecular weight is 374 g/mol. The van der Waals surface area contributed by atoms with Crippen LogP contribution >= 0.6 is 0 Å². The normalized spacial score (nSPS) is 19.8. The highest BCUT2D eigenvalue weighted by Gasteiger charge is 2.32. The van der Waals surface area contributed by atoms with Crippen LogP contribution in [-0.4, -0.2) is 31.3 Å². The average Bonchev–Trinajstić information content (AvgIpc) is 3.39. The number of benzene rings is 1. The Kier molecular flexibility index (Phi) is 4.55. The molecule has 1 unspecified atom stereocenters. The quantitative estimate of drug-likeness (QED) is 0.693. The van der Waals surface area contributed by atoms with Crippen molar-refractivity contribution in [3.8, 4) is 0 Å². The van der Waals surface area contributed by atoms with Crippen molar-refractivity contribution in [1.29, 1.82) is 0 Å². The first kappa shape index (κ1) is 17.3. The summed E-state index contributed by atoms with van der Waals surface area (Å²) in [5.41, 5.74) is 1.23. The second-order valence-electron chi connectivity index (χ2n) is 7.91. The molecule has 28 heavy (non-hydrogen) atoms. The van der Waals surface area contributed by atoms with Crippen molar-refractivity contribution >= 4 is 5.82 Å². The molecule has 3 heterocycles. The van der Waals surface area contributed by atoms with Crippen LogP contribution in [0.4, 0.5) is 5.82 Å². The van der Waals surface area contributed by atoms with Crippen LogP contribution in [0.2, 0.25) is 0 Å². The minimum atomic E-state index is 0.163. The van der Waals surface area contributed by atoms with Gasteiger partial charge in [-0.2, -0.15) is 0 Å². The third-order valence-corrected chi connectivity index (χ3v) is 6.12. The summed E-state index contributed by atoms with van der Waals surface area (Å²) < 4.78 is 2.36. The lowest BCUT2D eigenvalue weighted by Gasteiger charge is -2.35. The van der Waals surface area contributed by atoms with E-state index in [9.17, 15) is 0 Å². The molecule has 6 heteroatoms. The van der Waals surface area contributed by atoms with Gasteiger partial charge in [0.25, 0.3) is 0 Å². The number of anilines is 1. The molecule has 1 fully saturated rings. The highest BCUT2D eigenvalue weighted by molar-refractivity contribution is 5.41. The van der Waals surface area contributed by atoms with Crippen molar-refractivity contribution in [1.82, 2.24) is 24.7 Å². The van der Waals surface area contributed by atoms with E-state index in [1.165, 1.54) is 37.1 Å². The molecule has 6 nitrogen and oxygen atoms in total. The molecule has 1 aromatic carbocycles. The van der Waals surface area contributed by atoms with Gasteiger partial charge in [0.1, 0.15) is 17.5 Å². The molecule has 1 saturated carbocycles. The largest absolute Gasteiger partial charge is 0.345 e. The first-order chi connectivity index (χ1) is 13.8. The third kappa shape index (κ3) is 3.17. The van der Waals surface area contributed by atoms with E-state index in [0.29, 0.717) is 5.92 Å². The van der Waals surface area contributed by atoms with Crippen molar-refractivity contribution in [2.24, 2.45) is 0 Å². The molecule has 2 aliphatic rings. The molecule has 2 aromatic heterocycles. The van der Waals surface area contributed by atoms with Gasteiger partial charge in [0, 0.05) is 31.6 Å². The summed E-state index contributed by atoms with van der Waals surface area (Å²) in [6.45, 7) is 4.06. The van der Waals surface area contributed by atoms with Crippen molar-refractivity contribution in [2.45, 2.75) is 57.5 Å². The van der Waals surface area contributed by atoms with Crippen LogP contribution in [0.15, 0.2) is 42.6 Å². The second-order valence-corrected chi connectivity index (χ2v) is 7.91. The Morgan fingerprint density at radius 1 is 0.964 bits per heavy atom. The van der Waals surface area contributed by atoms with Crippen molar-refractivity contribution in [2.75, 3.05) is 11.4 Å². The van der Waals surface area contributed by atoms with E-state index in [-0.39, 0.29) is 6.04 Å². The van der Waals surface area contributed by atoms with Crippen LogP contribution in [0.25, 0.3) is 0 Å². The lowest BCUT2D eigenvalue weighted by molar-refractivity contribution is 0.470. The van der Waals surface area contributed by atoms with E-state index < -0.39 is 0 Å². The van der Waals surface area contributed by atoms with Gasteiger partial charge >= 0.3 is 0 Å². The van der Waals surface area contributed by atoms with Crippen LogP contribution in [0.1, 0.15) is 67.6 Å². The zero-order valence-corrected chi connectivity index (χ0v) is 16.3. The summed E-state index contributed by atoms with van der Waals surface area (Å²) in [5.74, 6) is 4.69. The summed E-state index contributed by atoms with van der Waals surface area (Å²) in [6, 6.07) is 12.6. The minimum Gasteiger partial charge on any atom is -0.345 e. The second kappa shape index (κ2) is 7.34. The molecular weight excluding hydrogens is 348 g/mol. The van der Waals surface area contributed by atoms with E-state index in [2.05, 4.69) is 55.8 Å². The fourth-order valence-corrected chi connectivity index (χ4v) is 4.62. The Bertz CT molecular complexity index is 945. The van der Waals surface area contributed by atoms with Gasteiger partial charge in [-0.25, -0.2) is 9.97 Å². The van der Waals surface area contributed by atoms with Gasteiger partial charge in [-0.05, 0) is 31.4 Å². The molecular formula is C22H26N6. The van der Waals surface area contributed by atoms with Gasteiger partial charge in [0.05, 0.1) is 6.04 Å². The van der Waals surface area contributed by atoms with E-state index >= 15 is 0 Å². The first-order valence-corrected chi connectivity index (χ1v) is 10.3. The smallest absolute Gasteiger partial charge is 0.155 e. The molecule has 0 amide bonds. The maximum atomic E-state index is 4.86. The predicted molar refractivity (Wildman–Crippen MR) is 108 cm³/mol. The van der Waals surface area contributed by atoms with Crippen LogP contribution < -0.4 is 4.90 Å². The van der Waals surface area contributed by atoms with Gasteiger partial charge in [-0.3, -0.25) is 0 Å². The van der Waals surface area contributed by atoms with Gasteiger partial charge in [-0.15, -0.1) is 10.2 Å². The maximum Gasteiger partial charge on any atom is 0.155 e. The third-order valence-electron chi connectivity index (χ3n) is 6.12. The lowest BCUT2D eigenvalue weighted by atomic mass is 10.1. The zero-order valence-electron chi connectivity index (χ0n) is 16.3. The van der Waals surface area contributed by atoms with Crippen LogP contribution in [0.5, 0.6) is 0 Å². The fourth-order valence-electron chi connectivity index (χ4n) is 4.62. The minimum absolute atomic E-state index is 0.163. The topological polar surface area (TPSA) is 59.7 Å². The lowest BCUT2D eigenvalue weighted by Crippen LogP contribution is -2.38. The monoisotopic (exact) mass is 374 g/mol. The van der Waals surface area contributed by atoms with Crippen LogP contribution in [0, 0.1) is 0 Å². The Morgan fingerprint density at radius 2 is 1.75 bits per heavy atom. The Labute approximate surface area is 165 Å². The summed E-state index contributed by atoms with van der Waals surface area (Å²) in [6.07, 6.45) is 7.77. The number of fused-ring (bicyclic) bond motifs is 1. The Morgan fingerprint density at radius 3 is 2.57 bits per heavy atom. The molecule has 0 saturated heterocycles. The van der Waals surface area contributed by atoms with Crippen molar-refractivity contribution in [3.63, 3.8) is 0 Å². The summed E-state index contributed by atoms with van der Waals surface area (Å²) in [4.78, 5) is 11.7. The van der Waals surface area contributed by atoms with Gasteiger partial charge in [0.15, 0.2) is 5.82 Å². The van der Waals surface area contributed by atoms with Gasteiger partial charge in [-0.1, -0.05) is 43.2 Å². The zero-order chi connectivity index (χ0) is 18.9. The molecule has 1 aliphatic heterocycles. The van der Waals surface area contributed by atoms with E-state index in [1.54, 1.807) is 0 Å². The Hall–Kier alpha value is -2.76. The summed E-state index contributed by atoms with van der Waals surface area (Å²) in [5, 5.41) is 9.16. The van der Waals surface area contributed by atoms with E-state index in [0.717, 1.165) is 37.0 Å². The molecule has 0 radical (unpaired) electrons. The SMILES string of the molecule is CC1c2nnc(C3CCCC3)n2CCN1c1ccnc(Cc2ccccc2)n1. The number of rotatable bonds is 4. The van der Waals surface area contributed by atoms with E-state index in [1.807, 2.05) is 18.3 Å². The Balaban J connectivity index is 1.38. The van der Waals surface area contributed by atoms with Crippen molar-refractivity contribution in [3.05, 3.63) is 65.6 Å². The molecule has 1 atom stereocenters. The number of aromatic nitrogens is 5. The van der Waals surface area contributed by atoms with E-state index in [4.69, 9.17) is 4.98 Å². The number of nitrogens with zero attached hydrogens (tertiary/aromatic N) is 6. The highest BCUT2D eigenvalue weighted by atomic mass is 15.4. The predicted octanol–water partition coefficient (Wildman–Crippen LogP) is 3.90. The summed E-state index contributed by atoms with van der Waals surface area (Å²) >= 11 is 0. The molecule has 0 N–H and O–H groups in total. The van der Waals surface area contributed by atoms with Crippen LogP contribution in [-0.2, 0) is 13.0 Å². The van der Waals surface area contributed by atoms with Crippen LogP contribution in [0.3, 0.4) is 0 Å². The summed E-state index contributed by atoms with van der Waals surface area (Å²) in [7, 11) is 0. The highest BCUT2D eigenvalue weighted by Crippen LogP contribution is 2.36. The fraction of sp³-hybridized carbons (Fsp3) is 0.455. The molecule has 1 aliphatic carbocycles. The molecule has 5 rings (SSSR count). The van der Waals surface area contributed by atoms with Crippen molar-refractivity contribution < 1.29 is 0 Å². The molecule has 0 bridgehead atoms. The number of hydrogen-bond donors (Lipinski definition) is 0. The first-order valence-electron chi connectivity index (χ1n) is 10.3.